The van der Waals surface area contributed by atoms with Crippen LogP contribution in [0.4, 0.5) is 5.69 Å². The van der Waals surface area contributed by atoms with E-state index in [4.69, 9.17) is 15.2 Å². The molecule has 3 N–H and O–H groups in total. The number of carbonyl (C=O) groups excluding carboxylic acids is 1. The predicted molar refractivity (Wildman–Crippen MR) is 108 cm³/mol. The van der Waals surface area contributed by atoms with E-state index in [1.165, 1.54) is 0 Å². The topological polar surface area (TPSA) is 93.5 Å². The van der Waals surface area contributed by atoms with E-state index in [9.17, 15) is 4.79 Å². The minimum Gasteiger partial charge on any atom is -0.497 e. The quantitative estimate of drug-likeness (QED) is 0.709. The summed E-state index contributed by atoms with van der Waals surface area (Å²) in [5.74, 6) is 2.05. The number of aromatic amines is 1. The van der Waals surface area contributed by atoms with Crippen LogP contribution in [-0.4, -0.2) is 36.0 Å². The van der Waals surface area contributed by atoms with E-state index >= 15 is 0 Å². The average molecular weight is 378 g/mol. The van der Waals surface area contributed by atoms with E-state index < -0.39 is 6.04 Å². The molecule has 0 amide bonds. The molecule has 1 aromatic heterocycles. The molecule has 0 saturated carbocycles. The Bertz CT molecular complexity index is 1030. The van der Waals surface area contributed by atoms with Gasteiger partial charge in [0.1, 0.15) is 28.7 Å². The Morgan fingerprint density at radius 3 is 2.43 bits per heavy atom. The number of H-pyrrole nitrogens is 1. The summed E-state index contributed by atoms with van der Waals surface area (Å²) in [4.78, 5) is 22.8. The third-order valence-electron chi connectivity index (χ3n) is 5.00. The Labute approximate surface area is 162 Å². The Morgan fingerprint density at radius 1 is 1.14 bits per heavy atom. The number of nitrogens with two attached hydrogens (primary N) is 1. The molecular weight excluding hydrogens is 356 g/mol. The number of ether oxygens (including phenoxy) is 2. The van der Waals surface area contributed by atoms with Gasteiger partial charge in [0.25, 0.3) is 0 Å². The van der Waals surface area contributed by atoms with E-state index in [0.29, 0.717) is 35.1 Å². The van der Waals surface area contributed by atoms with Gasteiger partial charge in [-0.25, -0.2) is 4.98 Å². The second kappa shape index (κ2) is 6.92. The van der Waals surface area contributed by atoms with Crippen molar-refractivity contribution < 1.29 is 14.3 Å². The molecule has 4 rings (SSSR count). The lowest BCUT2D eigenvalue weighted by atomic mass is 10.1. The van der Waals surface area contributed by atoms with Crippen LogP contribution in [0.2, 0.25) is 0 Å². The largest absolute Gasteiger partial charge is 0.497 e. The maximum absolute atomic E-state index is 13.2. The first-order chi connectivity index (χ1) is 13.6. The summed E-state index contributed by atoms with van der Waals surface area (Å²) >= 11 is 0. The summed E-state index contributed by atoms with van der Waals surface area (Å²) < 4.78 is 10.7. The first-order valence-corrected chi connectivity index (χ1v) is 9.08. The molecule has 0 radical (unpaired) electrons. The maximum atomic E-state index is 13.2. The summed E-state index contributed by atoms with van der Waals surface area (Å²) in [5.41, 5.74) is 9.29. The van der Waals surface area contributed by atoms with Gasteiger partial charge in [0.05, 0.1) is 37.0 Å². The van der Waals surface area contributed by atoms with Crippen molar-refractivity contribution in [2.45, 2.75) is 19.4 Å². The molecule has 0 saturated heterocycles. The van der Waals surface area contributed by atoms with Crippen molar-refractivity contribution in [3.05, 3.63) is 54.1 Å². The third-order valence-corrected chi connectivity index (χ3v) is 5.00. The van der Waals surface area contributed by atoms with Gasteiger partial charge < -0.3 is 25.1 Å². The summed E-state index contributed by atoms with van der Waals surface area (Å²) in [7, 11) is 3.17. The van der Waals surface area contributed by atoms with Crippen molar-refractivity contribution in [3.8, 4) is 11.5 Å². The number of carbonyl (C=O) groups is 1. The van der Waals surface area contributed by atoms with Gasteiger partial charge in [0, 0.05) is 18.2 Å². The van der Waals surface area contributed by atoms with Crippen molar-refractivity contribution >= 4 is 28.1 Å². The fourth-order valence-corrected chi connectivity index (χ4v) is 3.63. The predicted octanol–water partition coefficient (Wildman–Crippen LogP) is 3.08. The molecule has 0 aliphatic carbocycles. The van der Waals surface area contributed by atoms with Crippen molar-refractivity contribution in [1.29, 1.82) is 0 Å². The van der Waals surface area contributed by atoms with Gasteiger partial charge in [-0.3, -0.25) is 4.79 Å². The van der Waals surface area contributed by atoms with Gasteiger partial charge in [0.15, 0.2) is 5.78 Å². The maximum Gasteiger partial charge on any atom is 0.193 e. The number of para-hydroxylation sites is 2. The number of Topliss-reactive ketones (excluding diaryl/α,β-unsaturated/α-hetero) is 1. The van der Waals surface area contributed by atoms with Crippen molar-refractivity contribution in [1.82, 2.24) is 9.97 Å². The molecule has 144 valence electrons. The lowest BCUT2D eigenvalue weighted by Gasteiger charge is -2.26. The standard InChI is InChI=1S/C21H22N4O3/c1-4-17-19(26)18(21-23-15-7-5-6-8-16(15)24-21)20(22)25(17)12-9-13(27-2)11-14(10-12)28-3/h5-11,17H,4,22H2,1-3H3,(H,23,24). The monoisotopic (exact) mass is 378 g/mol. The number of imidazole rings is 1. The lowest BCUT2D eigenvalue weighted by molar-refractivity contribution is -0.114. The van der Waals surface area contributed by atoms with Crippen molar-refractivity contribution in [3.63, 3.8) is 0 Å². The van der Waals surface area contributed by atoms with Gasteiger partial charge >= 0.3 is 0 Å². The van der Waals surface area contributed by atoms with Gasteiger partial charge in [-0.15, -0.1) is 0 Å². The number of aromatic nitrogens is 2. The molecule has 28 heavy (non-hydrogen) atoms. The molecule has 7 heteroatoms. The third kappa shape index (κ3) is 2.76. The fraction of sp³-hybridized carbons (Fsp3) is 0.238. The molecule has 2 aromatic carbocycles. The van der Waals surface area contributed by atoms with Crippen LogP contribution in [0, 0.1) is 0 Å². The normalized spacial score (nSPS) is 16.9. The van der Waals surface area contributed by atoms with E-state index in [2.05, 4.69) is 9.97 Å². The number of hydrogen-bond donors (Lipinski definition) is 2. The van der Waals surface area contributed by atoms with Crippen LogP contribution in [-0.2, 0) is 4.79 Å². The highest BCUT2D eigenvalue weighted by Crippen LogP contribution is 2.38. The number of nitrogens with one attached hydrogen (secondary N) is 1. The van der Waals surface area contributed by atoms with Crippen LogP contribution in [0.15, 0.2) is 48.3 Å². The molecule has 1 atom stereocenters. The Morgan fingerprint density at radius 2 is 1.82 bits per heavy atom. The average Bonchev–Trinajstić information content (AvgIpc) is 3.24. The smallest absolute Gasteiger partial charge is 0.193 e. The first-order valence-electron chi connectivity index (χ1n) is 9.08. The number of benzene rings is 2. The molecule has 2 heterocycles. The summed E-state index contributed by atoms with van der Waals surface area (Å²) in [6.45, 7) is 1.96. The zero-order chi connectivity index (χ0) is 19.8. The molecule has 1 aliphatic rings. The van der Waals surface area contributed by atoms with Crippen LogP contribution in [0.5, 0.6) is 11.5 Å². The molecular formula is C21H22N4O3. The molecule has 0 spiro atoms. The van der Waals surface area contributed by atoms with E-state index in [-0.39, 0.29) is 5.78 Å². The molecule has 1 aliphatic heterocycles. The molecule has 3 aromatic rings. The van der Waals surface area contributed by atoms with E-state index in [0.717, 1.165) is 16.7 Å². The number of ketones is 1. The minimum absolute atomic E-state index is 0.0548. The fourth-order valence-electron chi connectivity index (χ4n) is 3.63. The lowest BCUT2D eigenvalue weighted by Crippen LogP contribution is -2.36. The zero-order valence-corrected chi connectivity index (χ0v) is 16.0. The number of hydrogen-bond acceptors (Lipinski definition) is 6. The number of nitrogens with zero attached hydrogens (tertiary/aromatic N) is 2. The van der Waals surface area contributed by atoms with Crippen LogP contribution in [0.25, 0.3) is 16.6 Å². The van der Waals surface area contributed by atoms with Crippen LogP contribution < -0.4 is 20.1 Å². The first kappa shape index (κ1) is 17.9. The summed E-state index contributed by atoms with van der Waals surface area (Å²) in [6.07, 6.45) is 0.600. The summed E-state index contributed by atoms with van der Waals surface area (Å²) in [5, 5.41) is 0. The number of methoxy groups -OCH3 is 2. The van der Waals surface area contributed by atoms with E-state index in [1.54, 1.807) is 20.3 Å². The Hall–Kier alpha value is -3.48. The summed E-state index contributed by atoms with van der Waals surface area (Å²) in [6, 6.07) is 12.7. The number of fused-ring (bicyclic) bond motifs is 1. The Kier molecular flexibility index (Phi) is 4.43. The zero-order valence-electron chi connectivity index (χ0n) is 16.0. The minimum atomic E-state index is -0.417. The highest BCUT2D eigenvalue weighted by molar-refractivity contribution is 6.27. The molecule has 1 unspecified atom stereocenters. The SMILES string of the molecule is CCC1C(=O)C(c2nc3ccccc3[nH]2)=C(N)N1c1cc(OC)cc(OC)c1. The van der Waals surface area contributed by atoms with E-state index in [1.807, 2.05) is 48.2 Å². The number of anilines is 1. The van der Waals surface area contributed by atoms with Crippen LogP contribution >= 0.6 is 0 Å². The van der Waals surface area contributed by atoms with Crippen molar-refractivity contribution in [2.24, 2.45) is 5.73 Å². The number of rotatable bonds is 5. The van der Waals surface area contributed by atoms with Gasteiger partial charge in [0.2, 0.25) is 0 Å². The van der Waals surface area contributed by atoms with Gasteiger partial charge in [-0.2, -0.15) is 0 Å². The highest BCUT2D eigenvalue weighted by Gasteiger charge is 2.40. The van der Waals surface area contributed by atoms with Crippen LogP contribution in [0.1, 0.15) is 19.2 Å². The van der Waals surface area contributed by atoms with Gasteiger partial charge in [-0.05, 0) is 18.6 Å². The highest BCUT2D eigenvalue weighted by atomic mass is 16.5. The molecule has 0 bridgehead atoms. The van der Waals surface area contributed by atoms with Gasteiger partial charge in [-0.1, -0.05) is 19.1 Å². The van der Waals surface area contributed by atoms with Crippen molar-refractivity contribution in [2.75, 3.05) is 19.1 Å². The second-order valence-electron chi connectivity index (χ2n) is 6.59. The Balaban J connectivity index is 1.86. The molecule has 7 nitrogen and oxygen atoms in total. The van der Waals surface area contributed by atoms with Crippen LogP contribution in [0.3, 0.4) is 0 Å². The second-order valence-corrected chi connectivity index (χ2v) is 6.59. The molecule has 0 fully saturated rings.